The number of hydrogen-bond donors (Lipinski definition) is 0. The third-order valence-electron chi connectivity index (χ3n) is 2.30. The predicted molar refractivity (Wildman–Crippen MR) is 67.4 cm³/mol. The zero-order valence-electron chi connectivity index (χ0n) is 10.2. The minimum Gasteiger partial charge on any atom is -0.341 e. The van der Waals surface area contributed by atoms with Crippen LogP contribution < -0.4 is 0 Å². The molecule has 0 fully saturated rings. The number of benzene rings is 1. The molecule has 1 aromatic carbocycles. The molecule has 0 saturated heterocycles. The Hall–Kier alpha value is -1.02. The van der Waals surface area contributed by atoms with Crippen LogP contribution in [0, 0.1) is 5.41 Å². The van der Waals surface area contributed by atoms with Crippen molar-refractivity contribution in [1.82, 2.24) is 4.90 Å². The van der Waals surface area contributed by atoms with Gasteiger partial charge in [-0.05, 0) is 17.7 Å². The quantitative estimate of drug-likeness (QED) is 0.775. The second-order valence-corrected chi connectivity index (χ2v) is 5.48. The highest BCUT2D eigenvalue weighted by atomic mass is 35.5. The molecule has 0 aliphatic rings. The second-order valence-electron chi connectivity index (χ2n) is 5.04. The smallest absolute Gasteiger partial charge is 0.227 e. The minimum atomic E-state index is -0.340. The van der Waals surface area contributed by atoms with Gasteiger partial charge in [-0.15, -0.1) is 0 Å². The molecule has 1 rings (SSSR count). The van der Waals surface area contributed by atoms with Crippen molar-refractivity contribution >= 4 is 17.5 Å². The van der Waals surface area contributed by atoms with Crippen molar-refractivity contribution < 1.29 is 4.79 Å². The van der Waals surface area contributed by atoms with Crippen molar-refractivity contribution in [2.75, 3.05) is 7.05 Å². The molecule has 0 saturated carbocycles. The molecule has 0 radical (unpaired) electrons. The van der Waals surface area contributed by atoms with Gasteiger partial charge in [0.05, 0.1) is 0 Å². The molecule has 0 unspecified atom stereocenters. The Morgan fingerprint density at radius 2 is 2.00 bits per heavy atom. The summed E-state index contributed by atoms with van der Waals surface area (Å²) in [6.07, 6.45) is 0. The molecule has 0 atom stereocenters. The summed E-state index contributed by atoms with van der Waals surface area (Å²) in [5.74, 6) is 0.132. The van der Waals surface area contributed by atoms with Crippen LogP contribution in [0.4, 0.5) is 0 Å². The summed E-state index contributed by atoms with van der Waals surface area (Å²) in [7, 11) is 1.81. The van der Waals surface area contributed by atoms with Crippen LogP contribution in [0.15, 0.2) is 24.3 Å². The minimum absolute atomic E-state index is 0.132. The molecular weight excluding hydrogens is 222 g/mol. The van der Waals surface area contributed by atoms with Gasteiger partial charge in [-0.25, -0.2) is 0 Å². The Morgan fingerprint density at radius 3 is 2.50 bits per heavy atom. The third kappa shape index (κ3) is 3.53. The van der Waals surface area contributed by atoms with E-state index in [1.807, 2.05) is 52.1 Å². The Labute approximate surface area is 102 Å². The molecule has 2 nitrogen and oxygen atoms in total. The zero-order chi connectivity index (χ0) is 12.3. The van der Waals surface area contributed by atoms with Crippen molar-refractivity contribution in [2.24, 2.45) is 5.41 Å². The molecule has 0 N–H and O–H groups in total. The van der Waals surface area contributed by atoms with E-state index in [9.17, 15) is 4.79 Å². The van der Waals surface area contributed by atoms with Gasteiger partial charge in [-0.2, -0.15) is 0 Å². The van der Waals surface area contributed by atoms with Gasteiger partial charge in [-0.1, -0.05) is 44.5 Å². The van der Waals surface area contributed by atoms with Gasteiger partial charge in [0, 0.05) is 24.0 Å². The highest BCUT2D eigenvalue weighted by molar-refractivity contribution is 6.30. The highest BCUT2D eigenvalue weighted by Gasteiger charge is 2.24. The fourth-order valence-corrected chi connectivity index (χ4v) is 1.77. The highest BCUT2D eigenvalue weighted by Crippen LogP contribution is 2.19. The maximum Gasteiger partial charge on any atom is 0.227 e. The molecule has 0 aliphatic carbocycles. The number of amides is 1. The molecule has 1 amide bonds. The normalized spacial score (nSPS) is 11.3. The van der Waals surface area contributed by atoms with Crippen LogP contribution in [0.3, 0.4) is 0 Å². The van der Waals surface area contributed by atoms with E-state index in [0.717, 1.165) is 5.56 Å². The molecular formula is C13H18ClNO. The lowest BCUT2D eigenvalue weighted by atomic mass is 9.95. The number of halogens is 1. The lowest BCUT2D eigenvalue weighted by Crippen LogP contribution is -2.36. The Morgan fingerprint density at radius 1 is 1.38 bits per heavy atom. The largest absolute Gasteiger partial charge is 0.341 e. The van der Waals surface area contributed by atoms with E-state index in [1.165, 1.54) is 0 Å². The van der Waals surface area contributed by atoms with Gasteiger partial charge < -0.3 is 4.90 Å². The first kappa shape index (κ1) is 13.0. The Balaban J connectivity index is 2.72. The topological polar surface area (TPSA) is 20.3 Å². The molecule has 88 valence electrons. The summed E-state index contributed by atoms with van der Waals surface area (Å²) in [6, 6.07) is 7.58. The van der Waals surface area contributed by atoms with Crippen molar-refractivity contribution in [3.05, 3.63) is 34.9 Å². The van der Waals surface area contributed by atoms with Crippen LogP contribution in [0.5, 0.6) is 0 Å². The molecule has 0 aliphatic heterocycles. The van der Waals surface area contributed by atoms with Gasteiger partial charge in [0.15, 0.2) is 0 Å². The molecule has 0 bridgehead atoms. The lowest BCUT2D eigenvalue weighted by molar-refractivity contribution is -0.138. The standard InChI is InChI=1S/C13H18ClNO/c1-13(2,3)12(16)15(4)9-10-6-5-7-11(14)8-10/h5-8H,9H2,1-4H3. The number of carbonyl (C=O) groups is 1. The van der Waals surface area contributed by atoms with Crippen molar-refractivity contribution in [1.29, 1.82) is 0 Å². The molecule has 16 heavy (non-hydrogen) atoms. The lowest BCUT2D eigenvalue weighted by Gasteiger charge is -2.26. The first-order valence-electron chi connectivity index (χ1n) is 5.31. The molecule has 1 aromatic rings. The van der Waals surface area contributed by atoms with Crippen LogP contribution in [0.2, 0.25) is 5.02 Å². The number of hydrogen-bond acceptors (Lipinski definition) is 1. The maximum atomic E-state index is 11.9. The van der Waals surface area contributed by atoms with Crippen molar-refractivity contribution in [3.8, 4) is 0 Å². The van der Waals surface area contributed by atoms with Gasteiger partial charge in [0.2, 0.25) is 5.91 Å². The Bertz CT molecular complexity index is 382. The first-order valence-corrected chi connectivity index (χ1v) is 5.68. The van der Waals surface area contributed by atoms with Gasteiger partial charge >= 0.3 is 0 Å². The van der Waals surface area contributed by atoms with Crippen LogP contribution in [0.1, 0.15) is 26.3 Å². The number of nitrogens with zero attached hydrogens (tertiary/aromatic N) is 1. The number of carbonyl (C=O) groups excluding carboxylic acids is 1. The third-order valence-corrected chi connectivity index (χ3v) is 2.53. The van der Waals surface area contributed by atoms with Gasteiger partial charge in [0.1, 0.15) is 0 Å². The maximum absolute atomic E-state index is 11.9. The van der Waals surface area contributed by atoms with E-state index in [2.05, 4.69) is 0 Å². The second kappa shape index (κ2) is 4.88. The zero-order valence-corrected chi connectivity index (χ0v) is 11.0. The van der Waals surface area contributed by atoms with E-state index in [-0.39, 0.29) is 11.3 Å². The molecule has 0 aromatic heterocycles. The van der Waals surface area contributed by atoms with Crippen molar-refractivity contribution in [2.45, 2.75) is 27.3 Å². The van der Waals surface area contributed by atoms with E-state index < -0.39 is 0 Å². The van der Waals surface area contributed by atoms with E-state index in [1.54, 1.807) is 4.90 Å². The average molecular weight is 240 g/mol. The molecule has 0 spiro atoms. The number of rotatable bonds is 2. The summed E-state index contributed by atoms with van der Waals surface area (Å²) in [6.45, 7) is 6.36. The fraction of sp³-hybridized carbons (Fsp3) is 0.462. The first-order chi connectivity index (χ1) is 7.30. The summed E-state index contributed by atoms with van der Waals surface area (Å²) >= 11 is 5.89. The summed E-state index contributed by atoms with van der Waals surface area (Å²) in [5, 5.41) is 0.703. The fourth-order valence-electron chi connectivity index (χ4n) is 1.55. The van der Waals surface area contributed by atoms with Gasteiger partial charge in [0.25, 0.3) is 0 Å². The van der Waals surface area contributed by atoms with Crippen LogP contribution in [0.25, 0.3) is 0 Å². The summed E-state index contributed by atoms with van der Waals surface area (Å²) in [4.78, 5) is 13.7. The monoisotopic (exact) mass is 239 g/mol. The van der Waals surface area contributed by atoms with Gasteiger partial charge in [-0.3, -0.25) is 4.79 Å². The molecule has 0 heterocycles. The van der Waals surface area contributed by atoms with E-state index in [4.69, 9.17) is 11.6 Å². The average Bonchev–Trinajstić information content (AvgIpc) is 2.15. The summed E-state index contributed by atoms with van der Waals surface area (Å²) in [5.41, 5.74) is 0.709. The van der Waals surface area contributed by atoms with E-state index >= 15 is 0 Å². The SMILES string of the molecule is CN(Cc1cccc(Cl)c1)C(=O)C(C)(C)C. The Kier molecular flexibility index (Phi) is 3.98. The van der Waals surface area contributed by atoms with Crippen LogP contribution in [-0.4, -0.2) is 17.9 Å². The predicted octanol–water partition coefficient (Wildman–Crippen LogP) is 3.34. The van der Waals surface area contributed by atoms with Crippen LogP contribution in [-0.2, 0) is 11.3 Å². The molecule has 3 heteroatoms. The van der Waals surface area contributed by atoms with Crippen molar-refractivity contribution in [3.63, 3.8) is 0 Å². The summed E-state index contributed by atoms with van der Waals surface area (Å²) < 4.78 is 0. The van der Waals surface area contributed by atoms with Crippen LogP contribution >= 0.6 is 11.6 Å². The van der Waals surface area contributed by atoms with E-state index in [0.29, 0.717) is 11.6 Å².